The van der Waals surface area contributed by atoms with Crippen molar-refractivity contribution in [3.8, 4) is 5.75 Å². The van der Waals surface area contributed by atoms with Crippen LogP contribution >= 0.6 is 23.1 Å². The molecule has 1 aromatic heterocycles. The lowest BCUT2D eigenvalue weighted by Crippen LogP contribution is -2.01. The molecule has 1 aromatic carbocycles. The van der Waals surface area contributed by atoms with Gasteiger partial charge in [0.05, 0.1) is 5.56 Å². The van der Waals surface area contributed by atoms with E-state index in [1.54, 1.807) is 19.1 Å². The number of nitrogens with zero attached hydrogens (tertiary/aromatic N) is 2. The maximum atomic E-state index is 10.8. The van der Waals surface area contributed by atoms with Crippen LogP contribution < -0.4 is 4.74 Å². The minimum Gasteiger partial charge on any atom is -0.487 e. The fraction of sp³-hybridized carbons (Fsp3) is 0.182. The zero-order valence-corrected chi connectivity index (χ0v) is 11.0. The van der Waals surface area contributed by atoms with Crippen LogP contribution in [0.5, 0.6) is 5.75 Å². The normalized spacial score (nSPS) is 10.3. The Labute approximate surface area is 112 Å². The predicted octanol–water partition coefficient (Wildman–Crippen LogP) is 2.78. The second kappa shape index (κ2) is 5.32. The van der Waals surface area contributed by atoms with E-state index < -0.39 is 5.97 Å². The molecule has 0 aliphatic rings. The first kappa shape index (κ1) is 12.8. The molecule has 1 N–H and O–H groups in total. The predicted molar refractivity (Wildman–Crippen MR) is 67.4 cm³/mol. The van der Waals surface area contributed by atoms with Gasteiger partial charge >= 0.3 is 5.97 Å². The van der Waals surface area contributed by atoms with Crippen molar-refractivity contribution < 1.29 is 14.6 Å². The van der Waals surface area contributed by atoms with Crippen LogP contribution in [0.15, 0.2) is 18.2 Å². The number of carboxylic acid groups (broad SMARTS) is 1. The largest absolute Gasteiger partial charge is 0.487 e. The maximum absolute atomic E-state index is 10.8. The zero-order chi connectivity index (χ0) is 13.1. The lowest BCUT2D eigenvalue weighted by molar-refractivity contribution is 0.0696. The summed E-state index contributed by atoms with van der Waals surface area (Å²) in [7, 11) is 0. The molecule has 0 saturated heterocycles. The summed E-state index contributed by atoms with van der Waals surface area (Å²) >= 11 is 6.95. The van der Waals surface area contributed by atoms with Crippen LogP contribution in [0.25, 0.3) is 0 Å². The molecule has 0 aliphatic carbocycles. The summed E-state index contributed by atoms with van der Waals surface area (Å²) in [4.78, 5) is 10.8. The lowest BCUT2D eigenvalue weighted by atomic mass is 10.1. The molecule has 94 valence electrons. The Morgan fingerprint density at radius 2 is 2.33 bits per heavy atom. The molecule has 0 aliphatic heterocycles. The molecule has 18 heavy (non-hydrogen) atoms. The Kier molecular flexibility index (Phi) is 3.78. The average Bonchev–Trinajstić information content (AvgIpc) is 2.73. The number of aromatic carboxylic acids is 1. The van der Waals surface area contributed by atoms with E-state index in [4.69, 9.17) is 21.4 Å². The third-order valence-electron chi connectivity index (χ3n) is 2.30. The topological polar surface area (TPSA) is 72.3 Å². The minimum absolute atomic E-state index is 0.211. The highest BCUT2D eigenvalue weighted by Crippen LogP contribution is 2.23. The van der Waals surface area contributed by atoms with Gasteiger partial charge in [-0.1, -0.05) is 16.1 Å². The molecule has 0 radical (unpaired) electrons. The first-order chi connectivity index (χ1) is 8.58. The molecule has 0 amide bonds. The van der Waals surface area contributed by atoms with Crippen LogP contribution in [-0.4, -0.2) is 20.7 Å². The summed E-state index contributed by atoms with van der Waals surface area (Å²) in [6, 6.07) is 4.66. The van der Waals surface area contributed by atoms with E-state index in [1.807, 2.05) is 0 Å². The van der Waals surface area contributed by atoms with Gasteiger partial charge in [-0.25, -0.2) is 4.79 Å². The number of ether oxygens (including phenoxy) is 1. The second-order valence-electron chi connectivity index (χ2n) is 3.57. The van der Waals surface area contributed by atoms with E-state index >= 15 is 0 Å². The van der Waals surface area contributed by atoms with Gasteiger partial charge in [0.2, 0.25) is 0 Å². The third-order valence-corrected chi connectivity index (χ3v) is 3.28. The van der Waals surface area contributed by atoms with Gasteiger partial charge < -0.3 is 9.84 Å². The van der Waals surface area contributed by atoms with Crippen molar-refractivity contribution in [1.82, 2.24) is 9.59 Å². The number of carbonyl (C=O) groups is 1. The third kappa shape index (κ3) is 2.77. The van der Waals surface area contributed by atoms with E-state index in [2.05, 4.69) is 9.59 Å². The maximum Gasteiger partial charge on any atom is 0.335 e. The monoisotopic (exact) mass is 284 g/mol. The molecule has 0 atom stereocenters. The molecule has 1 heterocycles. The van der Waals surface area contributed by atoms with Gasteiger partial charge in [-0.3, -0.25) is 0 Å². The molecule has 0 bridgehead atoms. The van der Waals surface area contributed by atoms with Crippen molar-refractivity contribution in [3.63, 3.8) is 0 Å². The summed E-state index contributed by atoms with van der Waals surface area (Å²) in [5, 5.41) is 12.7. The van der Waals surface area contributed by atoms with Crippen LogP contribution in [0.4, 0.5) is 0 Å². The zero-order valence-electron chi connectivity index (χ0n) is 9.38. The molecule has 0 fully saturated rings. The fourth-order valence-corrected chi connectivity index (χ4v) is 1.97. The van der Waals surface area contributed by atoms with Crippen LogP contribution in [0.2, 0.25) is 4.34 Å². The van der Waals surface area contributed by atoms with Gasteiger partial charge in [0.1, 0.15) is 22.4 Å². The Morgan fingerprint density at radius 3 is 2.89 bits per heavy atom. The van der Waals surface area contributed by atoms with E-state index in [0.29, 0.717) is 15.8 Å². The molecule has 0 saturated carbocycles. The molecule has 7 heteroatoms. The van der Waals surface area contributed by atoms with Gasteiger partial charge in [-0.05, 0) is 30.7 Å². The highest BCUT2D eigenvalue weighted by Gasteiger charge is 2.09. The van der Waals surface area contributed by atoms with E-state index in [-0.39, 0.29) is 12.2 Å². The smallest absolute Gasteiger partial charge is 0.335 e. The van der Waals surface area contributed by atoms with E-state index in [9.17, 15) is 4.79 Å². The van der Waals surface area contributed by atoms with Crippen molar-refractivity contribution in [3.05, 3.63) is 39.4 Å². The summed E-state index contributed by atoms with van der Waals surface area (Å²) in [6.07, 6.45) is 0. The van der Waals surface area contributed by atoms with Crippen molar-refractivity contribution in [1.29, 1.82) is 0 Å². The molecular formula is C11H9ClN2O3S. The van der Waals surface area contributed by atoms with Gasteiger partial charge in [0.15, 0.2) is 0 Å². The molecular weight excluding hydrogens is 276 g/mol. The SMILES string of the molecule is Cc1cc(C(=O)O)ccc1OCc1nnsc1Cl. The van der Waals surface area contributed by atoms with Crippen LogP contribution in [0.1, 0.15) is 21.6 Å². The highest BCUT2D eigenvalue weighted by atomic mass is 35.5. The Balaban J connectivity index is 2.11. The standard InChI is InChI=1S/C11H9ClN2O3S/c1-6-4-7(11(15)16)2-3-9(6)17-5-8-10(12)18-14-13-8/h2-4H,5H2,1H3,(H,15,16). The van der Waals surface area contributed by atoms with Crippen molar-refractivity contribution >= 4 is 29.1 Å². The summed E-state index contributed by atoms with van der Waals surface area (Å²) in [6.45, 7) is 1.99. The summed E-state index contributed by atoms with van der Waals surface area (Å²) in [5.41, 5.74) is 1.55. The van der Waals surface area contributed by atoms with Crippen molar-refractivity contribution in [2.24, 2.45) is 0 Å². The average molecular weight is 285 g/mol. The fourth-order valence-electron chi connectivity index (χ4n) is 1.37. The summed E-state index contributed by atoms with van der Waals surface area (Å²) in [5.74, 6) is -0.361. The van der Waals surface area contributed by atoms with Crippen molar-refractivity contribution in [2.75, 3.05) is 0 Å². The van der Waals surface area contributed by atoms with Crippen LogP contribution in [-0.2, 0) is 6.61 Å². The highest BCUT2D eigenvalue weighted by molar-refractivity contribution is 7.10. The van der Waals surface area contributed by atoms with Gasteiger partial charge in [0.25, 0.3) is 0 Å². The quantitative estimate of drug-likeness (QED) is 0.934. The Morgan fingerprint density at radius 1 is 1.56 bits per heavy atom. The van der Waals surface area contributed by atoms with Crippen LogP contribution in [0, 0.1) is 6.92 Å². The first-order valence-corrected chi connectivity index (χ1v) is 6.16. The Hall–Kier alpha value is -1.66. The van der Waals surface area contributed by atoms with Crippen LogP contribution in [0.3, 0.4) is 0 Å². The summed E-state index contributed by atoms with van der Waals surface area (Å²) < 4.78 is 9.71. The number of hydrogen-bond donors (Lipinski definition) is 1. The van der Waals surface area contributed by atoms with E-state index in [0.717, 1.165) is 17.1 Å². The number of carboxylic acids is 1. The number of hydrogen-bond acceptors (Lipinski definition) is 5. The number of rotatable bonds is 4. The number of aryl methyl sites for hydroxylation is 1. The minimum atomic E-state index is -0.962. The number of halogens is 1. The second-order valence-corrected chi connectivity index (χ2v) is 4.92. The molecule has 2 aromatic rings. The lowest BCUT2D eigenvalue weighted by Gasteiger charge is -2.08. The number of benzene rings is 1. The van der Waals surface area contributed by atoms with E-state index in [1.165, 1.54) is 6.07 Å². The first-order valence-electron chi connectivity index (χ1n) is 5.01. The van der Waals surface area contributed by atoms with Gasteiger partial charge in [0, 0.05) is 11.5 Å². The molecule has 2 rings (SSSR count). The Bertz CT molecular complexity index is 585. The number of aromatic nitrogens is 2. The molecule has 0 spiro atoms. The molecule has 0 unspecified atom stereocenters. The molecule has 5 nitrogen and oxygen atoms in total. The van der Waals surface area contributed by atoms with Crippen molar-refractivity contribution in [2.45, 2.75) is 13.5 Å². The van der Waals surface area contributed by atoms with Gasteiger partial charge in [-0.15, -0.1) is 5.10 Å². The van der Waals surface area contributed by atoms with Gasteiger partial charge in [-0.2, -0.15) is 0 Å².